The van der Waals surface area contributed by atoms with Crippen molar-refractivity contribution in [1.82, 2.24) is 19.5 Å². The summed E-state index contributed by atoms with van der Waals surface area (Å²) >= 11 is 1.08. The van der Waals surface area contributed by atoms with Crippen molar-refractivity contribution in [3.05, 3.63) is 51.5 Å². The maximum absolute atomic E-state index is 12.9. The molecule has 0 unspecified atom stereocenters. The van der Waals surface area contributed by atoms with E-state index in [0.29, 0.717) is 17.8 Å². The monoisotopic (exact) mass is 364 g/mol. The first kappa shape index (κ1) is 15.8. The molecule has 3 aromatic heterocycles. The molecule has 0 amide bonds. The highest BCUT2D eigenvalue weighted by molar-refractivity contribution is 7.16. The molecular weight excluding hydrogens is 353 g/mol. The molecule has 0 fully saturated rings. The maximum atomic E-state index is 12.9. The highest BCUT2D eigenvalue weighted by Crippen LogP contribution is 2.30. The molecule has 0 atom stereocenters. The van der Waals surface area contributed by atoms with Gasteiger partial charge in [-0.2, -0.15) is 13.2 Å². The number of aryl methyl sites for hydroxylation is 1. The first-order valence-electron chi connectivity index (χ1n) is 7.45. The number of nitrogens with one attached hydrogen (secondary N) is 1. The third-order valence-electron chi connectivity index (χ3n) is 3.86. The van der Waals surface area contributed by atoms with E-state index >= 15 is 0 Å². The van der Waals surface area contributed by atoms with Crippen LogP contribution in [-0.4, -0.2) is 19.5 Å². The number of H-pyrrole nitrogens is 1. The second-order valence-electron chi connectivity index (χ2n) is 5.45. The number of halogens is 3. The minimum absolute atomic E-state index is 0.0500. The van der Waals surface area contributed by atoms with Crippen molar-refractivity contribution in [1.29, 1.82) is 0 Å². The normalized spacial score (nSPS) is 12.3. The predicted molar refractivity (Wildman–Crippen MR) is 89.2 cm³/mol. The highest BCUT2D eigenvalue weighted by Gasteiger charge is 2.33. The molecule has 9 heteroatoms. The SMILES string of the molecule is CCc1nc2nc(C(F)(F)F)ccc2n1-c1ccc2[nH]c(=O)sc2c1. The Morgan fingerprint density at radius 2 is 2.00 bits per heavy atom. The summed E-state index contributed by atoms with van der Waals surface area (Å²) in [4.78, 5) is 22.0. The van der Waals surface area contributed by atoms with Crippen molar-refractivity contribution in [2.75, 3.05) is 0 Å². The molecule has 0 aliphatic carbocycles. The van der Waals surface area contributed by atoms with Gasteiger partial charge in [0.15, 0.2) is 5.65 Å². The molecule has 4 rings (SSSR count). The molecule has 128 valence electrons. The molecule has 0 spiro atoms. The zero-order valence-electron chi connectivity index (χ0n) is 12.9. The van der Waals surface area contributed by atoms with E-state index in [1.807, 2.05) is 13.0 Å². The van der Waals surface area contributed by atoms with Crippen LogP contribution in [0.3, 0.4) is 0 Å². The number of aromatic amines is 1. The minimum atomic E-state index is -4.51. The summed E-state index contributed by atoms with van der Waals surface area (Å²) in [6.07, 6.45) is -3.99. The van der Waals surface area contributed by atoms with Crippen LogP contribution < -0.4 is 4.87 Å². The number of nitrogens with zero attached hydrogens (tertiary/aromatic N) is 3. The van der Waals surface area contributed by atoms with Crippen LogP contribution in [0, 0.1) is 0 Å². The van der Waals surface area contributed by atoms with Gasteiger partial charge >= 0.3 is 11.0 Å². The number of benzene rings is 1. The van der Waals surface area contributed by atoms with E-state index in [1.54, 1.807) is 16.7 Å². The van der Waals surface area contributed by atoms with Crippen LogP contribution in [0.2, 0.25) is 0 Å². The van der Waals surface area contributed by atoms with E-state index in [-0.39, 0.29) is 10.5 Å². The van der Waals surface area contributed by atoms with Gasteiger partial charge in [-0.25, -0.2) is 9.97 Å². The standard InChI is InChI=1S/C16H11F3N4OS/c1-2-13-22-14-10(5-6-12(21-14)16(17,18)19)23(13)8-3-4-9-11(7-8)25-15(24)20-9/h3-7H,2H2,1H3,(H,20,24). The van der Waals surface area contributed by atoms with E-state index < -0.39 is 11.9 Å². The first-order chi connectivity index (χ1) is 11.9. The Balaban J connectivity index is 1.96. The van der Waals surface area contributed by atoms with Crippen LogP contribution in [0.1, 0.15) is 18.4 Å². The van der Waals surface area contributed by atoms with Crippen molar-refractivity contribution < 1.29 is 13.2 Å². The lowest BCUT2D eigenvalue weighted by atomic mass is 10.2. The fraction of sp³-hybridized carbons (Fsp3) is 0.188. The summed E-state index contributed by atoms with van der Waals surface area (Å²) < 4.78 is 41.2. The summed E-state index contributed by atoms with van der Waals surface area (Å²) in [5, 5.41) is 0. The van der Waals surface area contributed by atoms with Gasteiger partial charge in [-0.05, 0) is 30.3 Å². The van der Waals surface area contributed by atoms with Gasteiger partial charge in [0.2, 0.25) is 0 Å². The second-order valence-corrected chi connectivity index (χ2v) is 6.46. The Morgan fingerprint density at radius 1 is 1.20 bits per heavy atom. The van der Waals surface area contributed by atoms with Crippen LogP contribution in [0.25, 0.3) is 27.1 Å². The summed E-state index contributed by atoms with van der Waals surface area (Å²) in [5.74, 6) is 0.601. The van der Waals surface area contributed by atoms with E-state index in [0.717, 1.165) is 33.3 Å². The molecule has 0 radical (unpaired) electrons. The molecular formula is C16H11F3N4OS. The number of pyridine rings is 1. The third kappa shape index (κ3) is 2.60. The predicted octanol–water partition coefficient (Wildman–Crippen LogP) is 3.90. The van der Waals surface area contributed by atoms with Gasteiger partial charge in [0.05, 0.1) is 15.7 Å². The summed E-state index contributed by atoms with van der Waals surface area (Å²) in [6, 6.07) is 7.71. The van der Waals surface area contributed by atoms with Crippen LogP contribution in [0.15, 0.2) is 35.1 Å². The minimum Gasteiger partial charge on any atom is -0.312 e. The number of hydrogen-bond donors (Lipinski definition) is 1. The van der Waals surface area contributed by atoms with Gasteiger partial charge < -0.3 is 4.98 Å². The zero-order chi connectivity index (χ0) is 17.8. The van der Waals surface area contributed by atoms with E-state index in [2.05, 4.69) is 15.0 Å². The molecule has 4 aromatic rings. The Bertz CT molecular complexity index is 1160. The zero-order valence-corrected chi connectivity index (χ0v) is 13.7. The number of thiazole rings is 1. The van der Waals surface area contributed by atoms with Gasteiger partial charge in [-0.3, -0.25) is 9.36 Å². The molecule has 0 saturated carbocycles. The fourth-order valence-corrected chi connectivity index (χ4v) is 3.53. The molecule has 3 heterocycles. The number of aromatic nitrogens is 4. The Morgan fingerprint density at radius 3 is 2.72 bits per heavy atom. The topological polar surface area (TPSA) is 63.6 Å². The van der Waals surface area contributed by atoms with Crippen molar-refractivity contribution in [3.8, 4) is 5.69 Å². The largest absolute Gasteiger partial charge is 0.433 e. The van der Waals surface area contributed by atoms with Crippen LogP contribution in [0.5, 0.6) is 0 Å². The van der Waals surface area contributed by atoms with Crippen LogP contribution in [0.4, 0.5) is 13.2 Å². The van der Waals surface area contributed by atoms with Gasteiger partial charge in [0, 0.05) is 12.1 Å². The Labute approximate surface area is 142 Å². The average Bonchev–Trinajstić information content (AvgIpc) is 3.11. The first-order valence-corrected chi connectivity index (χ1v) is 8.27. The number of rotatable bonds is 2. The lowest BCUT2D eigenvalue weighted by molar-refractivity contribution is -0.141. The summed E-state index contributed by atoms with van der Waals surface area (Å²) in [5.41, 5.74) is 1.02. The fourth-order valence-electron chi connectivity index (χ4n) is 2.77. The second kappa shape index (κ2) is 5.41. The van der Waals surface area contributed by atoms with Gasteiger partial charge in [-0.15, -0.1) is 0 Å². The van der Waals surface area contributed by atoms with E-state index in [4.69, 9.17) is 0 Å². The Hall–Kier alpha value is -2.68. The van der Waals surface area contributed by atoms with Crippen molar-refractivity contribution in [2.24, 2.45) is 0 Å². The van der Waals surface area contributed by atoms with Crippen LogP contribution >= 0.6 is 11.3 Å². The highest BCUT2D eigenvalue weighted by atomic mass is 32.1. The number of hydrogen-bond acceptors (Lipinski definition) is 4. The lowest BCUT2D eigenvalue weighted by Gasteiger charge is -2.09. The van der Waals surface area contributed by atoms with Gasteiger partial charge in [0.25, 0.3) is 0 Å². The smallest absolute Gasteiger partial charge is 0.312 e. The quantitative estimate of drug-likeness (QED) is 0.587. The lowest BCUT2D eigenvalue weighted by Crippen LogP contribution is -2.07. The van der Waals surface area contributed by atoms with Gasteiger partial charge in [0.1, 0.15) is 11.5 Å². The third-order valence-corrected chi connectivity index (χ3v) is 4.70. The molecule has 0 bridgehead atoms. The van der Waals surface area contributed by atoms with Gasteiger partial charge in [-0.1, -0.05) is 18.3 Å². The van der Waals surface area contributed by atoms with Crippen molar-refractivity contribution >= 4 is 32.7 Å². The Kier molecular flexibility index (Phi) is 3.43. The molecule has 0 saturated heterocycles. The summed E-state index contributed by atoms with van der Waals surface area (Å²) in [6.45, 7) is 1.87. The molecule has 0 aliphatic heterocycles. The van der Waals surface area contributed by atoms with Crippen molar-refractivity contribution in [2.45, 2.75) is 19.5 Å². The molecule has 25 heavy (non-hydrogen) atoms. The number of alkyl halides is 3. The van der Waals surface area contributed by atoms with E-state index in [1.165, 1.54) is 6.07 Å². The molecule has 1 aromatic carbocycles. The number of fused-ring (bicyclic) bond motifs is 2. The molecule has 5 nitrogen and oxygen atoms in total. The van der Waals surface area contributed by atoms with Crippen molar-refractivity contribution in [3.63, 3.8) is 0 Å². The van der Waals surface area contributed by atoms with Crippen LogP contribution in [-0.2, 0) is 12.6 Å². The maximum Gasteiger partial charge on any atom is 0.433 e. The average molecular weight is 364 g/mol. The number of imidazole rings is 1. The summed E-state index contributed by atoms with van der Waals surface area (Å²) in [7, 11) is 0. The molecule has 0 aliphatic rings. The van der Waals surface area contributed by atoms with E-state index in [9.17, 15) is 18.0 Å². The molecule has 1 N–H and O–H groups in total.